The van der Waals surface area contributed by atoms with Crippen LogP contribution in [0.1, 0.15) is 36.8 Å². The van der Waals surface area contributed by atoms with Crippen molar-refractivity contribution in [3.63, 3.8) is 0 Å². The van der Waals surface area contributed by atoms with E-state index in [0.717, 1.165) is 35.0 Å². The molecule has 7 aromatic rings. The summed E-state index contributed by atoms with van der Waals surface area (Å²) in [5.74, 6) is 3.35. The molecule has 7 aromatic carbocycles. The number of fused-ring (bicyclic) bond motifs is 3. The SMILES string of the molecule is c1ccc(-c2ccc(N(c3ccc(-c4ccccc4)cc3)c3ccccc3-c3cccc4c3-c3ccccc3C43C4CC5CC(C4)C3C5)cc2)cc1. The number of anilines is 3. The lowest BCUT2D eigenvalue weighted by atomic mass is 9.59. The summed E-state index contributed by atoms with van der Waals surface area (Å²) >= 11 is 0. The second-order valence-electron chi connectivity index (χ2n) is 15.7. The second kappa shape index (κ2) is 11.7. The van der Waals surface area contributed by atoms with E-state index in [9.17, 15) is 0 Å². The number of para-hydroxylation sites is 1. The highest BCUT2D eigenvalue weighted by molar-refractivity contribution is 5.98. The molecule has 250 valence electrons. The van der Waals surface area contributed by atoms with E-state index in [2.05, 4.69) is 181 Å². The van der Waals surface area contributed by atoms with Gasteiger partial charge in [-0.25, -0.2) is 0 Å². The van der Waals surface area contributed by atoms with Gasteiger partial charge in [-0.05, 0) is 130 Å². The van der Waals surface area contributed by atoms with E-state index in [1.807, 2.05) is 0 Å². The van der Waals surface area contributed by atoms with Gasteiger partial charge >= 0.3 is 0 Å². The third-order valence-corrected chi connectivity index (χ3v) is 13.3. The molecule has 5 aliphatic rings. The second-order valence-corrected chi connectivity index (χ2v) is 15.7. The predicted molar refractivity (Wildman–Crippen MR) is 216 cm³/mol. The van der Waals surface area contributed by atoms with Crippen molar-refractivity contribution in [2.45, 2.75) is 31.1 Å². The number of hydrogen-bond donors (Lipinski definition) is 0. The Morgan fingerprint density at radius 1 is 0.404 bits per heavy atom. The summed E-state index contributed by atoms with van der Waals surface area (Å²) in [6, 6.07) is 65.5. The highest BCUT2D eigenvalue weighted by Crippen LogP contribution is 2.73. The van der Waals surface area contributed by atoms with Gasteiger partial charge in [0, 0.05) is 22.4 Å². The van der Waals surface area contributed by atoms with Gasteiger partial charge in [-0.15, -0.1) is 0 Å². The zero-order valence-electron chi connectivity index (χ0n) is 29.3. The minimum Gasteiger partial charge on any atom is -0.310 e. The molecule has 4 saturated carbocycles. The average molecular weight is 668 g/mol. The van der Waals surface area contributed by atoms with Crippen molar-refractivity contribution in [2.24, 2.45) is 23.7 Å². The monoisotopic (exact) mass is 667 g/mol. The van der Waals surface area contributed by atoms with Crippen LogP contribution in [-0.2, 0) is 5.41 Å². The van der Waals surface area contributed by atoms with E-state index in [1.165, 1.54) is 75.9 Å². The largest absolute Gasteiger partial charge is 0.310 e. The number of benzene rings is 7. The summed E-state index contributed by atoms with van der Waals surface area (Å²) in [5.41, 5.74) is 17.3. The molecule has 5 unspecified atom stereocenters. The van der Waals surface area contributed by atoms with Gasteiger partial charge in [0.25, 0.3) is 0 Å². The summed E-state index contributed by atoms with van der Waals surface area (Å²) in [7, 11) is 0. The molecule has 1 spiro atoms. The van der Waals surface area contributed by atoms with Crippen LogP contribution in [0.15, 0.2) is 176 Å². The topological polar surface area (TPSA) is 3.24 Å². The minimum atomic E-state index is 0.161. The van der Waals surface area contributed by atoms with Crippen LogP contribution in [0.25, 0.3) is 44.5 Å². The lowest BCUT2D eigenvalue weighted by molar-refractivity contribution is 0.191. The maximum atomic E-state index is 2.51. The van der Waals surface area contributed by atoms with Crippen molar-refractivity contribution in [3.05, 3.63) is 187 Å². The van der Waals surface area contributed by atoms with Crippen LogP contribution in [0.2, 0.25) is 0 Å². The highest BCUT2D eigenvalue weighted by Gasteiger charge is 2.66. The quantitative estimate of drug-likeness (QED) is 0.171. The Balaban J connectivity index is 1.09. The van der Waals surface area contributed by atoms with E-state index in [0.29, 0.717) is 0 Å². The van der Waals surface area contributed by atoms with E-state index in [-0.39, 0.29) is 5.41 Å². The summed E-state index contributed by atoms with van der Waals surface area (Å²) < 4.78 is 0. The molecule has 0 radical (unpaired) electrons. The number of hydrogen-bond acceptors (Lipinski definition) is 1. The van der Waals surface area contributed by atoms with Crippen LogP contribution >= 0.6 is 0 Å². The smallest absolute Gasteiger partial charge is 0.0540 e. The van der Waals surface area contributed by atoms with E-state index in [1.54, 1.807) is 11.1 Å². The van der Waals surface area contributed by atoms with Crippen molar-refractivity contribution in [1.82, 2.24) is 0 Å². The first kappa shape index (κ1) is 30.0. The fourth-order valence-corrected chi connectivity index (χ4v) is 11.4. The Bertz CT molecular complexity index is 2340. The van der Waals surface area contributed by atoms with Gasteiger partial charge < -0.3 is 4.90 Å². The summed E-state index contributed by atoms with van der Waals surface area (Å²) in [6.45, 7) is 0. The van der Waals surface area contributed by atoms with Crippen LogP contribution in [0.5, 0.6) is 0 Å². The molecule has 4 fully saturated rings. The molecule has 0 aliphatic heterocycles. The van der Waals surface area contributed by atoms with Gasteiger partial charge in [0.1, 0.15) is 0 Å². The molecular formula is C51H41N. The molecule has 0 N–H and O–H groups in total. The molecule has 5 atom stereocenters. The maximum absolute atomic E-state index is 2.51. The molecule has 0 heterocycles. The van der Waals surface area contributed by atoms with Gasteiger partial charge in [-0.1, -0.05) is 146 Å². The van der Waals surface area contributed by atoms with E-state index in [4.69, 9.17) is 0 Å². The zero-order valence-corrected chi connectivity index (χ0v) is 29.3. The van der Waals surface area contributed by atoms with Crippen molar-refractivity contribution < 1.29 is 0 Å². The van der Waals surface area contributed by atoms with Crippen molar-refractivity contribution in [3.8, 4) is 44.5 Å². The highest BCUT2D eigenvalue weighted by atomic mass is 15.1. The molecule has 12 rings (SSSR count). The Kier molecular flexibility index (Phi) is 6.74. The van der Waals surface area contributed by atoms with Gasteiger partial charge in [-0.2, -0.15) is 0 Å². The fourth-order valence-electron chi connectivity index (χ4n) is 11.4. The first-order chi connectivity index (χ1) is 25.8. The molecule has 0 amide bonds. The van der Waals surface area contributed by atoms with Crippen molar-refractivity contribution in [1.29, 1.82) is 0 Å². The summed E-state index contributed by atoms with van der Waals surface area (Å²) in [5, 5.41) is 0. The van der Waals surface area contributed by atoms with Crippen LogP contribution in [0.3, 0.4) is 0 Å². The van der Waals surface area contributed by atoms with Crippen LogP contribution in [0, 0.1) is 23.7 Å². The van der Waals surface area contributed by atoms with Crippen LogP contribution < -0.4 is 4.90 Å². The van der Waals surface area contributed by atoms with Gasteiger partial charge in [-0.3, -0.25) is 0 Å². The molecule has 0 aromatic heterocycles. The third kappa shape index (κ3) is 4.35. The molecular weight excluding hydrogens is 627 g/mol. The average Bonchev–Trinajstić information content (AvgIpc) is 3.77. The van der Waals surface area contributed by atoms with Crippen LogP contribution in [0.4, 0.5) is 17.1 Å². The molecule has 1 nitrogen and oxygen atoms in total. The molecule has 5 aliphatic carbocycles. The molecule has 0 saturated heterocycles. The maximum Gasteiger partial charge on any atom is 0.0540 e. The Morgan fingerprint density at radius 2 is 0.942 bits per heavy atom. The molecule has 52 heavy (non-hydrogen) atoms. The van der Waals surface area contributed by atoms with Gasteiger partial charge in [0.05, 0.1) is 5.69 Å². The Hall–Kier alpha value is -5.66. The molecule has 4 bridgehead atoms. The molecule has 1 heteroatoms. The fraction of sp³-hybridized carbons (Fsp3) is 0.176. The van der Waals surface area contributed by atoms with Crippen molar-refractivity contribution >= 4 is 17.1 Å². The number of rotatable bonds is 6. The Morgan fingerprint density at radius 3 is 1.60 bits per heavy atom. The lowest BCUT2D eigenvalue weighted by Crippen LogP contribution is -2.40. The van der Waals surface area contributed by atoms with Gasteiger partial charge in [0.2, 0.25) is 0 Å². The Labute approximate surface area is 307 Å². The van der Waals surface area contributed by atoms with E-state index >= 15 is 0 Å². The number of nitrogens with zero attached hydrogens (tertiary/aromatic N) is 1. The first-order valence-electron chi connectivity index (χ1n) is 19.2. The van der Waals surface area contributed by atoms with E-state index < -0.39 is 0 Å². The van der Waals surface area contributed by atoms with Crippen molar-refractivity contribution in [2.75, 3.05) is 4.90 Å². The first-order valence-corrected chi connectivity index (χ1v) is 19.2. The lowest BCUT2D eigenvalue weighted by Gasteiger charge is -2.44. The predicted octanol–water partition coefficient (Wildman–Crippen LogP) is 13.5. The normalized spacial score (nSPS) is 23.2. The minimum absolute atomic E-state index is 0.161. The third-order valence-electron chi connectivity index (χ3n) is 13.3. The summed E-state index contributed by atoms with van der Waals surface area (Å²) in [4.78, 5) is 2.47. The van der Waals surface area contributed by atoms with Crippen LogP contribution in [-0.4, -0.2) is 0 Å². The summed E-state index contributed by atoms with van der Waals surface area (Å²) in [6.07, 6.45) is 5.65. The standard InChI is InChI=1S/C51H41N/c1-3-12-35(13-4-1)37-22-26-41(27-23-37)52(42-28-24-38(25-29-42)36-14-5-2-6-15-36)49-21-10-8-16-43(49)44-18-11-20-47-50(44)45-17-7-9-19-46(45)51(47)40-31-34-30-39(33-40)48(51)32-34/h1-29,34,39-40,48H,30-33H2. The van der Waals surface area contributed by atoms with Gasteiger partial charge in [0.15, 0.2) is 0 Å². The zero-order chi connectivity index (χ0) is 34.2.